The van der Waals surface area contributed by atoms with Crippen molar-refractivity contribution >= 4 is 11.9 Å². The molecule has 1 aromatic heterocycles. The highest BCUT2D eigenvalue weighted by Gasteiger charge is 2.54. The van der Waals surface area contributed by atoms with Crippen molar-refractivity contribution in [3.8, 4) is 0 Å². The lowest BCUT2D eigenvalue weighted by Gasteiger charge is -2.37. The van der Waals surface area contributed by atoms with E-state index in [-0.39, 0.29) is 17.9 Å². The van der Waals surface area contributed by atoms with E-state index in [1.807, 2.05) is 10.8 Å². The van der Waals surface area contributed by atoms with Gasteiger partial charge in [-0.05, 0) is 38.3 Å². The Morgan fingerprint density at radius 2 is 2.00 bits per heavy atom. The molecule has 7 nitrogen and oxygen atoms in total. The molecule has 0 radical (unpaired) electrons. The fraction of sp³-hybridized carbons (Fsp3) is 0.722. The van der Waals surface area contributed by atoms with Gasteiger partial charge in [-0.2, -0.15) is 0 Å². The minimum Gasteiger partial charge on any atom is -0.333 e. The quantitative estimate of drug-likeness (QED) is 0.733. The molecule has 0 aromatic carbocycles. The van der Waals surface area contributed by atoms with Gasteiger partial charge in [0.2, 0.25) is 0 Å². The van der Waals surface area contributed by atoms with Crippen molar-refractivity contribution in [3.63, 3.8) is 0 Å². The molecule has 138 valence electrons. The van der Waals surface area contributed by atoms with Crippen LogP contribution in [0.2, 0.25) is 0 Å². The topological polar surface area (TPSA) is 79.3 Å². The number of imidazole rings is 1. The van der Waals surface area contributed by atoms with Crippen molar-refractivity contribution in [2.45, 2.75) is 58.0 Å². The van der Waals surface area contributed by atoms with Crippen LogP contribution in [0.15, 0.2) is 12.4 Å². The van der Waals surface area contributed by atoms with Gasteiger partial charge in [0.25, 0.3) is 5.91 Å². The lowest BCUT2D eigenvalue weighted by Crippen LogP contribution is -2.55. The highest BCUT2D eigenvalue weighted by atomic mass is 16.2. The second-order valence-corrected chi connectivity index (χ2v) is 7.02. The van der Waals surface area contributed by atoms with E-state index in [0.29, 0.717) is 19.5 Å². The Kier molecular flexibility index (Phi) is 5.42. The summed E-state index contributed by atoms with van der Waals surface area (Å²) in [5.41, 5.74) is -0.712. The molecule has 1 atom stereocenters. The number of carbonyl (C=O) groups excluding carboxylic acids is 2. The average molecular weight is 347 g/mol. The van der Waals surface area contributed by atoms with Gasteiger partial charge in [0.15, 0.2) is 0 Å². The van der Waals surface area contributed by atoms with Crippen LogP contribution in [0.3, 0.4) is 0 Å². The number of piperidine rings is 1. The largest absolute Gasteiger partial charge is 0.333 e. The zero-order chi connectivity index (χ0) is 17.9. The van der Waals surface area contributed by atoms with Crippen molar-refractivity contribution in [2.24, 2.45) is 5.92 Å². The Labute approximate surface area is 149 Å². The molecule has 3 rings (SSSR count). The third kappa shape index (κ3) is 3.29. The highest BCUT2D eigenvalue weighted by molar-refractivity contribution is 6.07. The molecule has 0 spiro atoms. The summed E-state index contributed by atoms with van der Waals surface area (Å²) >= 11 is 0. The van der Waals surface area contributed by atoms with Gasteiger partial charge in [0, 0.05) is 31.9 Å². The molecule has 0 saturated carbocycles. The normalized spacial score (nSPS) is 24.8. The highest BCUT2D eigenvalue weighted by Crippen LogP contribution is 2.35. The van der Waals surface area contributed by atoms with Crippen molar-refractivity contribution in [1.29, 1.82) is 0 Å². The fourth-order valence-electron chi connectivity index (χ4n) is 4.27. The van der Waals surface area contributed by atoms with Crippen molar-refractivity contribution in [1.82, 2.24) is 25.1 Å². The van der Waals surface area contributed by atoms with Crippen LogP contribution in [-0.4, -0.2) is 51.6 Å². The monoisotopic (exact) mass is 347 g/mol. The first-order valence-corrected chi connectivity index (χ1v) is 9.47. The summed E-state index contributed by atoms with van der Waals surface area (Å²) in [7, 11) is 0. The molecule has 0 aliphatic carbocycles. The predicted molar refractivity (Wildman–Crippen MR) is 95.1 cm³/mol. The number of aromatic nitrogens is 2. The lowest BCUT2D eigenvalue weighted by atomic mass is 9.75. The molecule has 0 bridgehead atoms. The molecule has 7 heteroatoms. The van der Waals surface area contributed by atoms with E-state index in [2.05, 4.69) is 29.5 Å². The Balaban J connectivity index is 1.75. The Morgan fingerprint density at radius 1 is 1.24 bits per heavy atom. The van der Waals surface area contributed by atoms with Gasteiger partial charge in [-0.1, -0.05) is 20.3 Å². The third-order valence-electron chi connectivity index (χ3n) is 5.56. The van der Waals surface area contributed by atoms with E-state index in [0.717, 1.165) is 44.6 Å². The molecule has 3 heterocycles. The molecule has 2 N–H and O–H groups in total. The number of hydrogen-bond donors (Lipinski definition) is 2. The first kappa shape index (κ1) is 17.9. The lowest BCUT2D eigenvalue weighted by molar-refractivity contribution is -0.134. The van der Waals surface area contributed by atoms with Crippen molar-refractivity contribution in [3.05, 3.63) is 18.2 Å². The van der Waals surface area contributed by atoms with Crippen LogP contribution in [0, 0.1) is 5.92 Å². The van der Waals surface area contributed by atoms with Crippen LogP contribution >= 0.6 is 0 Å². The molecular formula is C18H29N5O2. The summed E-state index contributed by atoms with van der Waals surface area (Å²) in [4.78, 5) is 31.5. The molecule has 1 aromatic rings. The summed E-state index contributed by atoms with van der Waals surface area (Å²) in [6.07, 6.45) is 7.96. The SMILES string of the molecule is CCC[C@@]1(C2CCNCC2)NC(=O)N(CCn2ccnc2CC)C1=O. The maximum absolute atomic E-state index is 13.2. The Morgan fingerprint density at radius 3 is 2.68 bits per heavy atom. The van der Waals surface area contributed by atoms with E-state index in [1.54, 1.807) is 6.20 Å². The zero-order valence-electron chi connectivity index (χ0n) is 15.3. The van der Waals surface area contributed by atoms with E-state index in [9.17, 15) is 9.59 Å². The van der Waals surface area contributed by atoms with Crippen LogP contribution in [-0.2, 0) is 17.8 Å². The van der Waals surface area contributed by atoms with Crippen LogP contribution in [0.25, 0.3) is 0 Å². The summed E-state index contributed by atoms with van der Waals surface area (Å²) in [5, 5.41) is 6.42. The number of urea groups is 1. The minimum absolute atomic E-state index is 0.0376. The molecule has 0 unspecified atom stereocenters. The number of amides is 3. The maximum Gasteiger partial charge on any atom is 0.325 e. The summed E-state index contributed by atoms with van der Waals surface area (Å²) in [5.74, 6) is 1.16. The predicted octanol–water partition coefficient (Wildman–Crippen LogP) is 1.54. The summed E-state index contributed by atoms with van der Waals surface area (Å²) in [6.45, 7) is 6.93. The van der Waals surface area contributed by atoms with E-state index >= 15 is 0 Å². The number of nitrogens with one attached hydrogen (secondary N) is 2. The molecule has 2 aliphatic rings. The van der Waals surface area contributed by atoms with Crippen LogP contribution in [0.5, 0.6) is 0 Å². The second-order valence-electron chi connectivity index (χ2n) is 7.02. The number of imide groups is 1. The first-order chi connectivity index (χ1) is 12.1. The Hall–Kier alpha value is -1.89. The van der Waals surface area contributed by atoms with Gasteiger partial charge in [-0.15, -0.1) is 0 Å². The van der Waals surface area contributed by atoms with Crippen molar-refractivity contribution in [2.75, 3.05) is 19.6 Å². The van der Waals surface area contributed by atoms with Gasteiger partial charge in [0.1, 0.15) is 11.4 Å². The van der Waals surface area contributed by atoms with E-state index in [1.165, 1.54) is 4.90 Å². The summed E-state index contributed by atoms with van der Waals surface area (Å²) < 4.78 is 2.02. The van der Waals surface area contributed by atoms with Gasteiger partial charge < -0.3 is 15.2 Å². The van der Waals surface area contributed by atoms with Crippen LogP contribution in [0.1, 0.15) is 45.4 Å². The maximum atomic E-state index is 13.2. The van der Waals surface area contributed by atoms with Crippen LogP contribution in [0.4, 0.5) is 4.79 Å². The molecule has 2 saturated heterocycles. The first-order valence-electron chi connectivity index (χ1n) is 9.47. The van der Waals surface area contributed by atoms with Gasteiger partial charge in [-0.3, -0.25) is 9.69 Å². The van der Waals surface area contributed by atoms with E-state index in [4.69, 9.17) is 0 Å². The second kappa shape index (κ2) is 7.56. The molecule has 2 fully saturated rings. The molecule has 25 heavy (non-hydrogen) atoms. The number of rotatable bonds is 7. The van der Waals surface area contributed by atoms with Gasteiger partial charge >= 0.3 is 6.03 Å². The van der Waals surface area contributed by atoms with Gasteiger partial charge in [0.05, 0.1) is 0 Å². The number of nitrogens with zero attached hydrogens (tertiary/aromatic N) is 3. The zero-order valence-corrected chi connectivity index (χ0v) is 15.3. The Bertz CT molecular complexity index is 623. The van der Waals surface area contributed by atoms with Crippen LogP contribution < -0.4 is 10.6 Å². The molecular weight excluding hydrogens is 318 g/mol. The van der Waals surface area contributed by atoms with E-state index < -0.39 is 5.54 Å². The number of aryl methyl sites for hydroxylation is 1. The number of hydrogen-bond acceptors (Lipinski definition) is 4. The number of carbonyl (C=O) groups is 2. The summed E-state index contributed by atoms with van der Waals surface area (Å²) in [6, 6.07) is -0.241. The molecule has 2 aliphatic heterocycles. The molecule has 3 amide bonds. The van der Waals surface area contributed by atoms with Crippen molar-refractivity contribution < 1.29 is 9.59 Å². The smallest absolute Gasteiger partial charge is 0.325 e. The fourth-order valence-corrected chi connectivity index (χ4v) is 4.27. The van der Waals surface area contributed by atoms with Gasteiger partial charge in [-0.25, -0.2) is 9.78 Å². The standard InChI is InChI=1S/C18H29N5O2/c1-3-7-18(14-5-8-19-9-6-14)16(24)23(17(25)21-18)13-12-22-11-10-20-15(22)4-2/h10-11,14,19H,3-9,12-13H2,1-2H3,(H,21,25)/t18-/m0/s1. The third-order valence-corrected chi connectivity index (χ3v) is 5.56. The average Bonchev–Trinajstić information content (AvgIpc) is 3.18. The minimum atomic E-state index is -0.712.